The molecule has 0 N–H and O–H groups in total. The largest absolute Gasteiger partial charge is 0.488 e. The van der Waals surface area contributed by atoms with Gasteiger partial charge in [0, 0.05) is 12.1 Å². The molecule has 0 atom stereocenters. The van der Waals surface area contributed by atoms with E-state index in [2.05, 4.69) is 0 Å². The third-order valence-corrected chi connectivity index (χ3v) is 6.08. The number of likely N-dealkylation sites (N-methyl/N-ethyl adjacent to an activating group) is 1. The number of carbonyl (C=O) groups is 1. The predicted octanol–water partition coefficient (Wildman–Crippen LogP) is 5.78. The first kappa shape index (κ1) is 19.6. The fourth-order valence-electron chi connectivity index (χ4n) is 3.20. The van der Waals surface area contributed by atoms with Crippen molar-refractivity contribution in [3.8, 4) is 5.75 Å². The summed E-state index contributed by atoms with van der Waals surface area (Å²) in [6, 6.07) is 18.1. The molecule has 4 rings (SSSR count). The molecule has 0 spiro atoms. The van der Waals surface area contributed by atoms with Gasteiger partial charge in [-0.1, -0.05) is 66.4 Å². The molecule has 3 aromatic rings. The van der Waals surface area contributed by atoms with Crippen LogP contribution in [0.1, 0.15) is 18.1 Å². The van der Waals surface area contributed by atoms with Crippen LogP contribution in [0.5, 0.6) is 5.75 Å². The summed E-state index contributed by atoms with van der Waals surface area (Å²) < 4.78 is 19.8. The van der Waals surface area contributed by atoms with Crippen molar-refractivity contribution in [1.29, 1.82) is 0 Å². The number of hydrogen-bond donors (Lipinski definition) is 0. The molecule has 29 heavy (non-hydrogen) atoms. The van der Waals surface area contributed by atoms with Gasteiger partial charge in [0.2, 0.25) is 0 Å². The number of hydrogen-bond acceptors (Lipinski definition) is 4. The summed E-state index contributed by atoms with van der Waals surface area (Å²) in [4.78, 5) is 14.9. The second kappa shape index (κ2) is 8.35. The van der Waals surface area contributed by atoms with E-state index in [1.807, 2.05) is 49.4 Å². The molecule has 0 unspecified atom stereocenters. The fourth-order valence-corrected chi connectivity index (χ4v) is 4.56. The maximum absolute atomic E-state index is 13.1. The lowest BCUT2D eigenvalue weighted by molar-refractivity contribution is -0.121. The van der Waals surface area contributed by atoms with Gasteiger partial charge in [-0.3, -0.25) is 9.69 Å². The zero-order valence-corrected chi connectivity index (χ0v) is 17.4. The van der Waals surface area contributed by atoms with E-state index in [9.17, 15) is 9.18 Å². The summed E-state index contributed by atoms with van der Waals surface area (Å²) in [6.07, 6.45) is 1.86. The van der Waals surface area contributed by atoms with Gasteiger partial charge in [-0.2, -0.15) is 0 Å². The van der Waals surface area contributed by atoms with Crippen molar-refractivity contribution in [3.05, 3.63) is 82.5 Å². The van der Waals surface area contributed by atoms with Crippen molar-refractivity contribution in [2.75, 3.05) is 6.54 Å². The van der Waals surface area contributed by atoms with Gasteiger partial charge in [-0.25, -0.2) is 4.39 Å². The number of benzene rings is 3. The molecular weight excluding hydrogens is 405 g/mol. The van der Waals surface area contributed by atoms with Gasteiger partial charge in [0.15, 0.2) is 0 Å². The average molecular weight is 424 g/mol. The zero-order chi connectivity index (χ0) is 20.4. The Labute approximate surface area is 178 Å². The highest BCUT2D eigenvalue weighted by molar-refractivity contribution is 8.26. The molecule has 1 fully saturated rings. The molecule has 0 bridgehead atoms. The number of thiocarbonyl (C=S) groups is 1. The highest BCUT2D eigenvalue weighted by atomic mass is 32.2. The molecule has 1 heterocycles. The van der Waals surface area contributed by atoms with Gasteiger partial charge in [-0.05, 0) is 47.5 Å². The summed E-state index contributed by atoms with van der Waals surface area (Å²) in [5.74, 6) is 0.299. The molecule has 146 valence electrons. The summed E-state index contributed by atoms with van der Waals surface area (Å²) in [7, 11) is 0. The number of ether oxygens (including phenoxy) is 1. The van der Waals surface area contributed by atoms with E-state index < -0.39 is 0 Å². The molecule has 0 aliphatic carbocycles. The van der Waals surface area contributed by atoms with E-state index in [4.69, 9.17) is 17.0 Å². The zero-order valence-electron chi connectivity index (χ0n) is 15.7. The van der Waals surface area contributed by atoms with Crippen LogP contribution < -0.4 is 4.74 Å². The van der Waals surface area contributed by atoms with Gasteiger partial charge in [0.25, 0.3) is 5.91 Å². The summed E-state index contributed by atoms with van der Waals surface area (Å²) in [6.45, 7) is 2.75. The summed E-state index contributed by atoms with van der Waals surface area (Å²) in [5.41, 5.74) is 1.70. The number of thioether (sulfide) groups is 1. The molecule has 0 saturated carbocycles. The minimum Gasteiger partial charge on any atom is -0.488 e. The molecule has 0 radical (unpaired) electrons. The van der Waals surface area contributed by atoms with Crippen LogP contribution in [0.25, 0.3) is 16.8 Å². The van der Waals surface area contributed by atoms with E-state index in [0.717, 1.165) is 21.9 Å². The third-order valence-electron chi connectivity index (χ3n) is 4.70. The highest BCUT2D eigenvalue weighted by Crippen LogP contribution is 2.37. The Bertz CT molecular complexity index is 1130. The Morgan fingerprint density at radius 2 is 1.86 bits per heavy atom. The Balaban J connectivity index is 1.73. The maximum Gasteiger partial charge on any atom is 0.266 e. The van der Waals surface area contributed by atoms with E-state index in [-0.39, 0.29) is 11.7 Å². The first-order chi connectivity index (χ1) is 14.1. The van der Waals surface area contributed by atoms with Gasteiger partial charge >= 0.3 is 0 Å². The minimum absolute atomic E-state index is 0.0834. The first-order valence-corrected chi connectivity index (χ1v) is 10.4. The van der Waals surface area contributed by atoms with E-state index in [1.54, 1.807) is 17.0 Å². The Hall–Kier alpha value is -2.70. The summed E-state index contributed by atoms with van der Waals surface area (Å²) >= 11 is 6.64. The number of amides is 1. The SMILES string of the molecule is CCN1C(=O)/C(=C/c2c(OCc3ccc(F)cc3)ccc3ccccc23)SC1=S. The quantitative estimate of drug-likeness (QED) is 0.384. The Morgan fingerprint density at radius 3 is 2.59 bits per heavy atom. The molecule has 3 nitrogen and oxygen atoms in total. The van der Waals surface area contributed by atoms with E-state index in [1.165, 1.54) is 23.9 Å². The van der Waals surface area contributed by atoms with Crippen LogP contribution in [0, 0.1) is 5.82 Å². The highest BCUT2D eigenvalue weighted by Gasteiger charge is 2.31. The standard InChI is InChI=1S/C23H18FNO2S2/c1-2-25-22(26)21(29-23(25)28)13-19-18-6-4-3-5-16(18)9-12-20(19)27-14-15-7-10-17(24)11-8-15/h3-13H,2,14H2,1H3/b21-13-. The second-order valence-electron chi connectivity index (χ2n) is 6.54. The topological polar surface area (TPSA) is 29.5 Å². The minimum atomic E-state index is -0.280. The molecule has 1 amide bonds. The van der Waals surface area contributed by atoms with Crippen molar-refractivity contribution in [3.63, 3.8) is 0 Å². The van der Waals surface area contributed by atoms with Crippen molar-refractivity contribution >= 4 is 51.1 Å². The monoisotopic (exact) mass is 423 g/mol. The van der Waals surface area contributed by atoms with Crippen molar-refractivity contribution in [1.82, 2.24) is 4.90 Å². The maximum atomic E-state index is 13.1. The number of fused-ring (bicyclic) bond motifs is 1. The molecule has 6 heteroatoms. The third kappa shape index (κ3) is 4.04. The number of rotatable bonds is 5. The predicted molar refractivity (Wildman–Crippen MR) is 120 cm³/mol. The van der Waals surface area contributed by atoms with E-state index in [0.29, 0.717) is 28.1 Å². The van der Waals surface area contributed by atoms with Crippen molar-refractivity contribution in [2.24, 2.45) is 0 Å². The fraction of sp³-hybridized carbons (Fsp3) is 0.130. The molecular formula is C23H18FNO2S2. The van der Waals surface area contributed by atoms with Crippen molar-refractivity contribution < 1.29 is 13.9 Å². The average Bonchev–Trinajstić information content (AvgIpc) is 3.01. The lowest BCUT2D eigenvalue weighted by Crippen LogP contribution is -2.27. The Morgan fingerprint density at radius 1 is 1.10 bits per heavy atom. The van der Waals surface area contributed by atoms with Gasteiger partial charge in [0.05, 0.1) is 4.91 Å². The normalized spacial score (nSPS) is 15.5. The molecule has 3 aromatic carbocycles. The lowest BCUT2D eigenvalue weighted by Gasteiger charge is -2.13. The van der Waals surface area contributed by atoms with Crippen LogP contribution in [-0.2, 0) is 11.4 Å². The Kier molecular flexibility index (Phi) is 5.65. The van der Waals surface area contributed by atoms with Crippen LogP contribution in [0.15, 0.2) is 65.6 Å². The van der Waals surface area contributed by atoms with Crippen LogP contribution in [0.2, 0.25) is 0 Å². The van der Waals surface area contributed by atoms with Gasteiger partial charge in [-0.15, -0.1) is 0 Å². The summed E-state index contributed by atoms with van der Waals surface area (Å²) in [5, 5.41) is 2.05. The van der Waals surface area contributed by atoms with E-state index >= 15 is 0 Å². The number of nitrogens with zero attached hydrogens (tertiary/aromatic N) is 1. The van der Waals surface area contributed by atoms with Gasteiger partial charge < -0.3 is 4.74 Å². The second-order valence-corrected chi connectivity index (χ2v) is 8.22. The number of carbonyl (C=O) groups excluding carboxylic acids is 1. The molecule has 1 saturated heterocycles. The molecule has 0 aromatic heterocycles. The first-order valence-electron chi connectivity index (χ1n) is 9.21. The van der Waals surface area contributed by atoms with Crippen LogP contribution in [0.3, 0.4) is 0 Å². The van der Waals surface area contributed by atoms with Crippen LogP contribution in [0.4, 0.5) is 4.39 Å². The van der Waals surface area contributed by atoms with Crippen LogP contribution >= 0.6 is 24.0 Å². The van der Waals surface area contributed by atoms with Gasteiger partial charge in [0.1, 0.15) is 22.5 Å². The van der Waals surface area contributed by atoms with Crippen molar-refractivity contribution in [2.45, 2.75) is 13.5 Å². The van der Waals surface area contributed by atoms with Crippen LogP contribution in [-0.4, -0.2) is 21.7 Å². The lowest BCUT2D eigenvalue weighted by atomic mass is 10.0. The number of halogens is 1. The molecule has 1 aliphatic rings. The smallest absolute Gasteiger partial charge is 0.266 e. The molecule has 1 aliphatic heterocycles.